The molecule has 8 nitrogen and oxygen atoms in total. The Bertz CT molecular complexity index is 1080. The van der Waals surface area contributed by atoms with Gasteiger partial charge in [-0.1, -0.05) is 0 Å². The second kappa shape index (κ2) is 6.26. The molecule has 0 amide bonds. The minimum absolute atomic E-state index is 0.384. The number of aromatic nitrogens is 6. The van der Waals surface area contributed by atoms with Crippen LogP contribution in [-0.2, 0) is 5.75 Å². The first kappa shape index (κ1) is 15.2. The van der Waals surface area contributed by atoms with Gasteiger partial charge in [0, 0.05) is 23.0 Å². The topological polar surface area (TPSA) is 122 Å². The third-order valence-electron chi connectivity index (χ3n) is 3.64. The minimum atomic E-state index is 0.384. The van der Waals surface area contributed by atoms with E-state index in [-0.39, 0.29) is 0 Å². The van der Waals surface area contributed by atoms with Crippen molar-refractivity contribution in [3.63, 3.8) is 0 Å². The standard InChI is InChI=1S/C16H12N8S/c17-8-10-2-3-12(24-5-1-4-19-24)6-11(10)9-25-13-7-14(18)20-16-15(13)21-23-22-16/h1-7H,9H2,(H3,18,20,21,22,23). The van der Waals surface area contributed by atoms with Crippen LogP contribution in [0.4, 0.5) is 5.82 Å². The van der Waals surface area contributed by atoms with Crippen molar-refractivity contribution >= 4 is 28.7 Å². The van der Waals surface area contributed by atoms with Crippen molar-refractivity contribution in [1.82, 2.24) is 30.2 Å². The van der Waals surface area contributed by atoms with Gasteiger partial charge in [0.1, 0.15) is 11.3 Å². The number of thioether (sulfide) groups is 1. The van der Waals surface area contributed by atoms with Crippen LogP contribution < -0.4 is 5.73 Å². The Balaban J connectivity index is 1.67. The van der Waals surface area contributed by atoms with Crippen molar-refractivity contribution in [2.75, 3.05) is 5.73 Å². The maximum atomic E-state index is 9.38. The van der Waals surface area contributed by atoms with Crippen LogP contribution in [0.2, 0.25) is 0 Å². The number of pyridine rings is 1. The monoisotopic (exact) mass is 348 g/mol. The Morgan fingerprint density at radius 3 is 3.00 bits per heavy atom. The van der Waals surface area contributed by atoms with E-state index < -0.39 is 0 Å². The molecule has 0 aliphatic carbocycles. The van der Waals surface area contributed by atoms with Crippen molar-refractivity contribution in [2.24, 2.45) is 0 Å². The fourth-order valence-electron chi connectivity index (χ4n) is 2.46. The summed E-state index contributed by atoms with van der Waals surface area (Å²) in [5.41, 5.74) is 9.41. The lowest BCUT2D eigenvalue weighted by atomic mass is 10.1. The van der Waals surface area contributed by atoms with E-state index in [0.717, 1.165) is 16.1 Å². The average Bonchev–Trinajstić information content (AvgIpc) is 3.30. The Morgan fingerprint density at radius 1 is 1.28 bits per heavy atom. The van der Waals surface area contributed by atoms with Gasteiger partial charge in [-0.25, -0.2) is 9.67 Å². The summed E-state index contributed by atoms with van der Waals surface area (Å²) < 4.78 is 1.76. The lowest BCUT2D eigenvalue weighted by Gasteiger charge is -2.08. The van der Waals surface area contributed by atoms with Crippen LogP contribution >= 0.6 is 11.8 Å². The van der Waals surface area contributed by atoms with Gasteiger partial charge in [0.15, 0.2) is 0 Å². The zero-order valence-corrected chi connectivity index (χ0v) is 13.7. The van der Waals surface area contributed by atoms with Crippen LogP contribution in [0.5, 0.6) is 0 Å². The van der Waals surface area contributed by atoms with Gasteiger partial charge < -0.3 is 5.73 Å². The molecule has 3 heterocycles. The summed E-state index contributed by atoms with van der Waals surface area (Å²) in [5.74, 6) is 0.971. The third kappa shape index (κ3) is 2.90. The van der Waals surface area contributed by atoms with Gasteiger partial charge in [0.05, 0.1) is 17.3 Å². The summed E-state index contributed by atoms with van der Waals surface area (Å²) in [6.07, 6.45) is 3.58. The fraction of sp³-hybridized carbons (Fsp3) is 0.0625. The molecule has 0 saturated carbocycles. The number of fused-ring (bicyclic) bond motifs is 1. The van der Waals surface area contributed by atoms with Crippen molar-refractivity contribution in [2.45, 2.75) is 10.6 Å². The molecule has 1 aromatic carbocycles. The number of nitrogens with zero attached hydrogens (tertiary/aromatic N) is 6. The molecule has 0 fully saturated rings. The highest BCUT2D eigenvalue weighted by Gasteiger charge is 2.11. The zero-order chi connectivity index (χ0) is 17.2. The smallest absolute Gasteiger partial charge is 0.204 e. The van der Waals surface area contributed by atoms with Gasteiger partial charge in [0.2, 0.25) is 5.65 Å². The number of hydrogen-bond acceptors (Lipinski definition) is 7. The van der Waals surface area contributed by atoms with Gasteiger partial charge in [-0.3, -0.25) is 0 Å². The van der Waals surface area contributed by atoms with Crippen LogP contribution in [0, 0.1) is 11.3 Å². The highest BCUT2D eigenvalue weighted by atomic mass is 32.2. The van der Waals surface area contributed by atoms with Gasteiger partial charge in [-0.05, 0) is 35.9 Å². The number of nitrogens with two attached hydrogens (primary N) is 1. The molecular weight excluding hydrogens is 336 g/mol. The highest BCUT2D eigenvalue weighted by Crippen LogP contribution is 2.30. The van der Waals surface area contributed by atoms with E-state index in [2.05, 4.69) is 31.6 Å². The highest BCUT2D eigenvalue weighted by molar-refractivity contribution is 7.98. The molecule has 0 aliphatic rings. The van der Waals surface area contributed by atoms with Gasteiger partial charge in [-0.2, -0.15) is 20.7 Å². The van der Waals surface area contributed by atoms with E-state index in [1.165, 1.54) is 11.8 Å². The SMILES string of the molecule is N#Cc1ccc(-n2cccn2)cc1CSc1cc(N)nc2n[nH]nc12. The number of anilines is 1. The number of aromatic amines is 1. The summed E-state index contributed by atoms with van der Waals surface area (Å²) in [7, 11) is 0. The predicted molar refractivity (Wildman–Crippen MR) is 93.9 cm³/mol. The Hall–Kier alpha value is -3.38. The van der Waals surface area contributed by atoms with E-state index in [0.29, 0.717) is 28.3 Å². The number of benzene rings is 1. The molecule has 4 rings (SSSR count). The quantitative estimate of drug-likeness (QED) is 0.542. The summed E-state index contributed by atoms with van der Waals surface area (Å²) in [6.45, 7) is 0. The molecule has 0 aliphatic heterocycles. The van der Waals surface area contributed by atoms with Gasteiger partial charge >= 0.3 is 0 Å². The summed E-state index contributed by atoms with van der Waals surface area (Å²) in [6, 6.07) is 11.5. The summed E-state index contributed by atoms with van der Waals surface area (Å²) in [4.78, 5) is 4.99. The molecule has 25 heavy (non-hydrogen) atoms. The third-order valence-corrected chi connectivity index (χ3v) is 4.72. The first-order chi connectivity index (χ1) is 12.2. The number of nitriles is 1. The minimum Gasteiger partial charge on any atom is -0.384 e. The second-order valence-corrected chi connectivity index (χ2v) is 6.25. The van der Waals surface area contributed by atoms with Gasteiger partial charge in [-0.15, -0.1) is 16.9 Å². The van der Waals surface area contributed by atoms with E-state index in [1.54, 1.807) is 23.0 Å². The molecule has 122 valence electrons. The van der Waals surface area contributed by atoms with E-state index in [9.17, 15) is 5.26 Å². The molecular formula is C16H12N8S. The largest absolute Gasteiger partial charge is 0.384 e. The van der Waals surface area contributed by atoms with Gasteiger partial charge in [0.25, 0.3) is 0 Å². The molecule has 0 radical (unpaired) electrons. The summed E-state index contributed by atoms with van der Waals surface area (Å²) in [5, 5.41) is 24.3. The number of H-pyrrole nitrogens is 1. The van der Waals surface area contributed by atoms with E-state index >= 15 is 0 Å². The number of nitrogen functional groups attached to an aromatic ring is 1. The van der Waals surface area contributed by atoms with Crippen LogP contribution in [0.15, 0.2) is 47.6 Å². The normalized spacial score (nSPS) is 10.8. The fourth-order valence-corrected chi connectivity index (χ4v) is 3.49. The van der Waals surface area contributed by atoms with Crippen LogP contribution in [0.1, 0.15) is 11.1 Å². The maximum absolute atomic E-state index is 9.38. The van der Waals surface area contributed by atoms with Crippen molar-refractivity contribution in [3.8, 4) is 11.8 Å². The molecule has 0 spiro atoms. The number of nitrogens with one attached hydrogen (secondary N) is 1. The lowest BCUT2D eigenvalue weighted by molar-refractivity contribution is 0.878. The van der Waals surface area contributed by atoms with Crippen LogP contribution in [-0.4, -0.2) is 30.2 Å². The first-order valence-electron chi connectivity index (χ1n) is 7.37. The second-order valence-electron chi connectivity index (χ2n) is 5.23. The van der Waals surface area contributed by atoms with E-state index in [1.807, 2.05) is 24.4 Å². The molecule has 0 saturated heterocycles. The first-order valence-corrected chi connectivity index (χ1v) is 8.36. The maximum Gasteiger partial charge on any atom is 0.204 e. The number of hydrogen-bond donors (Lipinski definition) is 2. The predicted octanol–water partition coefficient (Wildman–Crippen LogP) is 2.28. The molecule has 3 N–H and O–H groups in total. The molecule has 0 bridgehead atoms. The summed E-state index contributed by atoms with van der Waals surface area (Å²) >= 11 is 1.53. The molecule has 4 aromatic rings. The van der Waals surface area contributed by atoms with Crippen molar-refractivity contribution in [1.29, 1.82) is 5.26 Å². The van der Waals surface area contributed by atoms with E-state index in [4.69, 9.17) is 5.73 Å². The molecule has 3 aromatic heterocycles. The lowest BCUT2D eigenvalue weighted by Crippen LogP contribution is -1.97. The zero-order valence-electron chi connectivity index (χ0n) is 12.9. The molecule has 9 heteroatoms. The van der Waals surface area contributed by atoms with Crippen LogP contribution in [0.3, 0.4) is 0 Å². The Kier molecular flexibility index (Phi) is 3.80. The Morgan fingerprint density at radius 2 is 2.20 bits per heavy atom. The molecule has 0 atom stereocenters. The van der Waals surface area contributed by atoms with Crippen LogP contribution in [0.25, 0.3) is 16.9 Å². The average molecular weight is 348 g/mol. The van der Waals surface area contributed by atoms with Crippen molar-refractivity contribution in [3.05, 3.63) is 53.9 Å². The Labute approximate surface area is 146 Å². The molecule has 0 unspecified atom stereocenters. The number of rotatable bonds is 4. The van der Waals surface area contributed by atoms with Crippen molar-refractivity contribution < 1.29 is 0 Å².